The number of hydrogen-bond donors (Lipinski definition) is 1. The summed E-state index contributed by atoms with van der Waals surface area (Å²) in [4.78, 5) is 0. The van der Waals surface area contributed by atoms with Gasteiger partial charge in [0.1, 0.15) is 5.82 Å². The van der Waals surface area contributed by atoms with Crippen LogP contribution in [0.25, 0.3) is 0 Å². The van der Waals surface area contributed by atoms with Crippen LogP contribution in [0.5, 0.6) is 0 Å². The lowest BCUT2D eigenvalue weighted by molar-refractivity contribution is -0.0660. The van der Waals surface area contributed by atoms with E-state index in [1.165, 1.54) is 44.3 Å². The maximum Gasteiger partial charge on any atom is 0.224 e. The summed E-state index contributed by atoms with van der Waals surface area (Å²) in [6.07, 6.45) is 8.40. The molecule has 1 aromatic rings. The molecule has 0 saturated heterocycles. The zero-order valence-electron chi connectivity index (χ0n) is 13.7. The second kappa shape index (κ2) is 4.47. The van der Waals surface area contributed by atoms with Crippen molar-refractivity contribution < 1.29 is 0 Å². The summed E-state index contributed by atoms with van der Waals surface area (Å²) in [5.41, 5.74) is 0.877. The summed E-state index contributed by atoms with van der Waals surface area (Å²) in [7, 11) is 0. The predicted molar refractivity (Wildman–Crippen MR) is 84.3 cm³/mol. The van der Waals surface area contributed by atoms with Crippen LogP contribution >= 0.6 is 0 Å². The molecule has 5 rings (SSSR count). The molecule has 116 valence electrons. The van der Waals surface area contributed by atoms with Crippen molar-refractivity contribution in [3.63, 3.8) is 0 Å². The monoisotopic (exact) mass is 288 g/mol. The highest BCUT2D eigenvalue weighted by Crippen LogP contribution is 2.65. The SMILES string of the molecule is CCNc1nnc(C23CC4CC(CC(C)(C4)C2)C3)n1CC. The Morgan fingerprint density at radius 1 is 1.14 bits per heavy atom. The van der Waals surface area contributed by atoms with Crippen LogP contribution in [0.1, 0.15) is 65.1 Å². The molecule has 4 heteroatoms. The topological polar surface area (TPSA) is 42.7 Å². The molecule has 4 nitrogen and oxygen atoms in total. The predicted octanol–water partition coefficient (Wildman–Crippen LogP) is 3.59. The van der Waals surface area contributed by atoms with Gasteiger partial charge in [-0.2, -0.15) is 0 Å². The van der Waals surface area contributed by atoms with E-state index in [1.54, 1.807) is 0 Å². The Bertz CT molecular complexity index is 533. The Labute approximate surface area is 127 Å². The van der Waals surface area contributed by atoms with Crippen LogP contribution in [0.2, 0.25) is 0 Å². The number of aromatic nitrogens is 3. The molecule has 1 aromatic heterocycles. The summed E-state index contributed by atoms with van der Waals surface area (Å²) < 4.78 is 2.35. The molecule has 4 fully saturated rings. The summed E-state index contributed by atoms with van der Waals surface area (Å²) >= 11 is 0. The maximum absolute atomic E-state index is 4.68. The van der Waals surface area contributed by atoms with Crippen molar-refractivity contribution in [2.24, 2.45) is 17.3 Å². The smallest absolute Gasteiger partial charge is 0.224 e. The van der Waals surface area contributed by atoms with E-state index < -0.39 is 0 Å². The lowest BCUT2D eigenvalue weighted by Crippen LogP contribution is -2.53. The fourth-order valence-electron chi connectivity index (χ4n) is 6.27. The highest BCUT2D eigenvalue weighted by atomic mass is 15.4. The van der Waals surface area contributed by atoms with Crippen LogP contribution in [0.4, 0.5) is 5.95 Å². The van der Waals surface area contributed by atoms with Gasteiger partial charge in [-0.3, -0.25) is 4.57 Å². The largest absolute Gasteiger partial charge is 0.355 e. The fraction of sp³-hybridized carbons (Fsp3) is 0.882. The molecule has 0 aromatic carbocycles. The average molecular weight is 288 g/mol. The van der Waals surface area contributed by atoms with E-state index in [0.29, 0.717) is 10.8 Å². The highest BCUT2D eigenvalue weighted by molar-refractivity contribution is 5.30. The average Bonchev–Trinajstić information content (AvgIpc) is 2.80. The zero-order valence-corrected chi connectivity index (χ0v) is 13.7. The molecule has 4 aliphatic carbocycles. The van der Waals surface area contributed by atoms with Crippen molar-refractivity contribution in [2.75, 3.05) is 11.9 Å². The van der Waals surface area contributed by atoms with Crippen molar-refractivity contribution in [2.45, 2.75) is 71.3 Å². The molecule has 2 atom stereocenters. The number of rotatable bonds is 4. The van der Waals surface area contributed by atoms with Crippen molar-refractivity contribution in [1.29, 1.82) is 0 Å². The first kappa shape index (κ1) is 13.6. The normalized spacial score (nSPS) is 40.7. The van der Waals surface area contributed by atoms with Gasteiger partial charge in [-0.1, -0.05) is 6.92 Å². The molecule has 0 aliphatic heterocycles. The van der Waals surface area contributed by atoms with Crippen LogP contribution in [0.3, 0.4) is 0 Å². The minimum absolute atomic E-state index is 0.315. The Balaban J connectivity index is 1.76. The zero-order chi connectivity index (χ0) is 14.7. The van der Waals surface area contributed by atoms with Gasteiger partial charge in [-0.15, -0.1) is 10.2 Å². The third kappa shape index (κ3) is 1.94. The minimum atomic E-state index is 0.315. The number of anilines is 1. The van der Waals surface area contributed by atoms with E-state index in [2.05, 4.69) is 40.9 Å². The molecule has 2 unspecified atom stereocenters. The quantitative estimate of drug-likeness (QED) is 0.920. The Hall–Kier alpha value is -1.06. The molecular weight excluding hydrogens is 260 g/mol. The van der Waals surface area contributed by atoms with Crippen LogP contribution in [0.15, 0.2) is 0 Å². The van der Waals surface area contributed by atoms with Crippen molar-refractivity contribution in [3.05, 3.63) is 5.82 Å². The second-order valence-corrected chi connectivity index (χ2v) is 8.17. The summed E-state index contributed by atoms with van der Waals surface area (Å²) in [6.45, 7) is 8.75. The van der Waals surface area contributed by atoms with Crippen LogP contribution < -0.4 is 5.32 Å². The molecule has 0 radical (unpaired) electrons. The van der Waals surface area contributed by atoms with Gasteiger partial charge in [0.15, 0.2) is 0 Å². The fourth-order valence-corrected chi connectivity index (χ4v) is 6.27. The van der Waals surface area contributed by atoms with Crippen LogP contribution in [0, 0.1) is 17.3 Å². The lowest BCUT2D eigenvalue weighted by atomic mass is 9.44. The van der Waals surface area contributed by atoms with E-state index in [1.807, 2.05) is 0 Å². The maximum atomic E-state index is 4.68. The molecule has 4 bridgehead atoms. The van der Waals surface area contributed by atoms with Crippen LogP contribution in [-0.2, 0) is 12.0 Å². The Kier molecular flexibility index (Phi) is 2.89. The Morgan fingerprint density at radius 2 is 1.86 bits per heavy atom. The molecule has 1 N–H and O–H groups in total. The van der Waals surface area contributed by atoms with Gasteiger partial charge in [0, 0.05) is 18.5 Å². The molecule has 0 amide bonds. The van der Waals surface area contributed by atoms with Gasteiger partial charge >= 0.3 is 0 Å². The van der Waals surface area contributed by atoms with Gasteiger partial charge in [0.2, 0.25) is 5.95 Å². The van der Waals surface area contributed by atoms with Crippen LogP contribution in [-0.4, -0.2) is 21.3 Å². The van der Waals surface area contributed by atoms with Gasteiger partial charge in [0.25, 0.3) is 0 Å². The number of nitrogens with zero attached hydrogens (tertiary/aromatic N) is 3. The van der Waals surface area contributed by atoms with Gasteiger partial charge in [0.05, 0.1) is 0 Å². The Morgan fingerprint density at radius 3 is 2.43 bits per heavy atom. The van der Waals surface area contributed by atoms with E-state index in [4.69, 9.17) is 0 Å². The van der Waals surface area contributed by atoms with Gasteiger partial charge in [-0.05, 0) is 69.6 Å². The first-order chi connectivity index (χ1) is 10.1. The van der Waals surface area contributed by atoms with E-state index >= 15 is 0 Å². The first-order valence-electron chi connectivity index (χ1n) is 8.75. The molecule has 4 saturated carbocycles. The van der Waals surface area contributed by atoms with Crippen molar-refractivity contribution >= 4 is 5.95 Å². The molecule has 4 aliphatic rings. The van der Waals surface area contributed by atoms with Gasteiger partial charge < -0.3 is 5.32 Å². The van der Waals surface area contributed by atoms with E-state index in [0.717, 1.165) is 30.9 Å². The second-order valence-electron chi connectivity index (χ2n) is 8.17. The minimum Gasteiger partial charge on any atom is -0.355 e. The summed E-state index contributed by atoms with van der Waals surface area (Å²) in [5.74, 6) is 4.11. The lowest BCUT2D eigenvalue weighted by Gasteiger charge is -2.60. The highest BCUT2D eigenvalue weighted by Gasteiger charge is 2.58. The van der Waals surface area contributed by atoms with Gasteiger partial charge in [-0.25, -0.2) is 0 Å². The van der Waals surface area contributed by atoms with E-state index in [9.17, 15) is 0 Å². The third-order valence-corrected chi connectivity index (χ3v) is 6.23. The molecule has 0 spiro atoms. The molecule has 1 heterocycles. The number of nitrogens with one attached hydrogen (secondary N) is 1. The van der Waals surface area contributed by atoms with E-state index in [-0.39, 0.29) is 0 Å². The third-order valence-electron chi connectivity index (χ3n) is 6.23. The molecular formula is C17H28N4. The first-order valence-corrected chi connectivity index (χ1v) is 8.75. The molecule has 21 heavy (non-hydrogen) atoms. The summed E-state index contributed by atoms with van der Waals surface area (Å²) in [6, 6.07) is 0. The standard InChI is InChI=1S/C17H28N4/c1-4-18-15-20-19-14(21(15)5-2)17-9-12-6-13(10-17)8-16(3,7-12)11-17/h12-13H,4-11H2,1-3H3,(H,18,20). The number of hydrogen-bond acceptors (Lipinski definition) is 3. The van der Waals surface area contributed by atoms with Crippen molar-refractivity contribution in [1.82, 2.24) is 14.8 Å². The summed E-state index contributed by atoms with van der Waals surface area (Å²) in [5, 5.41) is 12.5. The van der Waals surface area contributed by atoms with Crippen molar-refractivity contribution in [3.8, 4) is 0 Å².